The molecule has 7 nitrogen and oxygen atoms in total. The van der Waals surface area contributed by atoms with Crippen molar-refractivity contribution in [2.24, 2.45) is 0 Å². The van der Waals surface area contributed by atoms with Gasteiger partial charge in [0.05, 0.1) is 17.1 Å². The van der Waals surface area contributed by atoms with Gasteiger partial charge < -0.3 is 0 Å². The minimum Gasteiger partial charge on any atom is -0.272 e. The topological polar surface area (TPSA) is 71.3 Å². The van der Waals surface area contributed by atoms with Crippen molar-refractivity contribution in [3.63, 3.8) is 0 Å². The SMILES string of the molecule is CSCC(=O)N1CCCN1C(=O)c1nn(-c2ccccc2)nc1C. The van der Waals surface area contributed by atoms with Gasteiger partial charge in [-0.2, -0.15) is 21.7 Å². The van der Waals surface area contributed by atoms with Crippen molar-refractivity contribution in [3.8, 4) is 5.69 Å². The first-order valence-electron chi connectivity index (χ1n) is 7.72. The third-order valence-corrected chi connectivity index (χ3v) is 4.33. The minimum atomic E-state index is -0.276. The van der Waals surface area contributed by atoms with Crippen LogP contribution in [-0.4, -0.2) is 61.9 Å². The molecule has 1 aromatic heterocycles. The summed E-state index contributed by atoms with van der Waals surface area (Å²) in [6.45, 7) is 2.84. The normalized spacial score (nSPS) is 14.2. The number of rotatable bonds is 4. The standard InChI is InChI=1S/C16H19N5O2S/c1-12-15(18-21(17-12)13-7-4-3-5-8-13)16(23)20-10-6-9-19(20)14(22)11-24-2/h3-5,7-8H,6,9-11H2,1-2H3. The van der Waals surface area contributed by atoms with Gasteiger partial charge in [0.1, 0.15) is 0 Å². The highest BCUT2D eigenvalue weighted by Crippen LogP contribution is 2.17. The summed E-state index contributed by atoms with van der Waals surface area (Å²) in [6, 6.07) is 9.43. The van der Waals surface area contributed by atoms with E-state index in [0.29, 0.717) is 24.5 Å². The van der Waals surface area contributed by atoms with Gasteiger partial charge >= 0.3 is 0 Å². The molecule has 0 aliphatic carbocycles. The van der Waals surface area contributed by atoms with Gasteiger partial charge in [-0.3, -0.25) is 14.6 Å². The second-order valence-corrected chi connectivity index (χ2v) is 6.36. The van der Waals surface area contributed by atoms with Crippen molar-refractivity contribution < 1.29 is 9.59 Å². The first-order valence-corrected chi connectivity index (χ1v) is 9.11. The number of carbonyl (C=O) groups is 2. The molecule has 2 heterocycles. The van der Waals surface area contributed by atoms with Gasteiger partial charge in [-0.25, -0.2) is 5.01 Å². The number of aryl methyl sites for hydroxylation is 1. The lowest BCUT2D eigenvalue weighted by Crippen LogP contribution is -2.46. The van der Waals surface area contributed by atoms with Gasteiger partial charge in [0.15, 0.2) is 5.69 Å². The summed E-state index contributed by atoms with van der Waals surface area (Å²) in [5, 5.41) is 11.7. The van der Waals surface area contributed by atoms with E-state index >= 15 is 0 Å². The van der Waals surface area contributed by atoms with Crippen molar-refractivity contribution in [2.45, 2.75) is 13.3 Å². The average molecular weight is 345 g/mol. The molecule has 1 aliphatic rings. The Morgan fingerprint density at radius 3 is 2.54 bits per heavy atom. The van der Waals surface area contributed by atoms with Gasteiger partial charge in [0.25, 0.3) is 11.8 Å². The van der Waals surface area contributed by atoms with E-state index in [1.807, 2.05) is 36.6 Å². The zero-order valence-corrected chi connectivity index (χ0v) is 14.5. The first-order chi connectivity index (χ1) is 11.6. The lowest BCUT2D eigenvalue weighted by atomic mass is 10.3. The fourth-order valence-corrected chi connectivity index (χ4v) is 3.05. The van der Waals surface area contributed by atoms with Crippen molar-refractivity contribution in [1.82, 2.24) is 25.0 Å². The van der Waals surface area contributed by atoms with Gasteiger partial charge in [-0.1, -0.05) is 18.2 Å². The molecule has 126 valence electrons. The van der Waals surface area contributed by atoms with E-state index in [1.54, 1.807) is 6.92 Å². The minimum absolute atomic E-state index is 0.0542. The average Bonchev–Trinajstić information content (AvgIpc) is 3.22. The third kappa shape index (κ3) is 3.14. The number of thioether (sulfide) groups is 1. The Morgan fingerprint density at radius 1 is 1.12 bits per heavy atom. The van der Waals surface area contributed by atoms with Crippen LogP contribution in [0, 0.1) is 6.92 Å². The van der Waals surface area contributed by atoms with Gasteiger partial charge in [-0.15, -0.1) is 5.10 Å². The summed E-state index contributed by atoms with van der Waals surface area (Å²) in [5.74, 6) is 0.0301. The van der Waals surface area contributed by atoms with Crippen LogP contribution in [0.25, 0.3) is 5.69 Å². The summed E-state index contributed by atoms with van der Waals surface area (Å²) in [5.41, 5.74) is 1.62. The van der Waals surface area contributed by atoms with Crippen molar-refractivity contribution in [3.05, 3.63) is 41.7 Å². The van der Waals surface area contributed by atoms with Crippen LogP contribution in [0.3, 0.4) is 0 Å². The third-order valence-electron chi connectivity index (χ3n) is 3.79. The van der Waals surface area contributed by atoms with E-state index < -0.39 is 0 Å². The van der Waals surface area contributed by atoms with Crippen LogP contribution < -0.4 is 0 Å². The summed E-state index contributed by atoms with van der Waals surface area (Å²) < 4.78 is 0. The van der Waals surface area contributed by atoms with Crippen LogP contribution in [0.1, 0.15) is 22.6 Å². The van der Waals surface area contributed by atoms with E-state index in [4.69, 9.17) is 0 Å². The zero-order valence-electron chi connectivity index (χ0n) is 13.7. The van der Waals surface area contributed by atoms with Crippen LogP contribution in [0.2, 0.25) is 0 Å². The number of aromatic nitrogens is 3. The number of nitrogens with zero attached hydrogens (tertiary/aromatic N) is 5. The fraction of sp³-hybridized carbons (Fsp3) is 0.375. The Bertz CT molecular complexity index is 746. The Kier molecular flexibility index (Phi) is 4.84. The number of benzene rings is 1. The van der Waals surface area contributed by atoms with E-state index in [-0.39, 0.29) is 17.5 Å². The van der Waals surface area contributed by atoms with Gasteiger partial charge in [0.2, 0.25) is 0 Å². The fourth-order valence-electron chi connectivity index (χ4n) is 2.66. The molecule has 1 aliphatic heterocycles. The van der Waals surface area contributed by atoms with Crippen LogP contribution in [0.15, 0.2) is 30.3 Å². The molecule has 24 heavy (non-hydrogen) atoms. The zero-order chi connectivity index (χ0) is 17.1. The maximum atomic E-state index is 12.8. The number of para-hydroxylation sites is 1. The van der Waals surface area contributed by atoms with Gasteiger partial charge in [-0.05, 0) is 31.7 Å². The smallest absolute Gasteiger partial charge is 0.272 e. The number of amides is 2. The quantitative estimate of drug-likeness (QED) is 0.840. The Labute approximate surface area is 144 Å². The highest BCUT2D eigenvalue weighted by Gasteiger charge is 2.33. The number of hydrogen-bond donors (Lipinski definition) is 0. The molecule has 0 unspecified atom stereocenters. The molecular weight excluding hydrogens is 326 g/mol. The summed E-state index contributed by atoms with van der Waals surface area (Å²) in [4.78, 5) is 26.5. The maximum absolute atomic E-state index is 12.8. The van der Waals surface area contributed by atoms with Crippen LogP contribution in [0.5, 0.6) is 0 Å². The number of hydrogen-bond acceptors (Lipinski definition) is 5. The van der Waals surface area contributed by atoms with E-state index in [9.17, 15) is 9.59 Å². The molecule has 8 heteroatoms. The molecule has 1 aromatic carbocycles. The van der Waals surface area contributed by atoms with Crippen molar-refractivity contribution >= 4 is 23.6 Å². The molecule has 0 spiro atoms. The lowest BCUT2D eigenvalue weighted by Gasteiger charge is -2.27. The first kappa shape index (κ1) is 16.5. The Balaban J connectivity index is 1.85. The molecule has 2 aromatic rings. The number of hydrazine groups is 1. The lowest BCUT2D eigenvalue weighted by molar-refractivity contribution is -0.137. The van der Waals surface area contributed by atoms with Crippen LogP contribution in [0.4, 0.5) is 0 Å². The largest absolute Gasteiger partial charge is 0.294 e. The molecule has 0 saturated carbocycles. The number of carbonyl (C=O) groups excluding carboxylic acids is 2. The highest BCUT2D eigenvalue weighted by atomic mass is 32.2. The molecule has 0 bridgehead atoms. The summed E-state index contributed by atoms with van der Waals surface area (Å²) in [7, 11) is 0. The second kappa shape index (κ2) is 7.04. The molecule has 1 fully saturated rings. The molecule has 1 saturated heterocycles. The van der Waals surface area contributed by atoms with E-state index in [2.05, 4.69) is 10.2 Å². The van der Waals surface area contributed by atoms with E-state index in [0.717, 1.165) is 12.1 Å². The van der Waals surface area contributed by atoms with E-state index in [1.165, 1.54) is 26.6 Å². The highest BCUT2D eigenvalue weighted by molar-refractivity contribution is 7.99. The molecular formula is C16H19N5O2S. The predicted molar refractivity (Wildman–Crippen MR) is 91.8 cm³/mol. The second-order valence-electron chi connectivity index (χ2n) is 5.49. The molecule has 3 rings (SSSR count). The van der Waals surface area contributed by atoms with Gasteiger partial charge in [0, 0.05) is 13.1 Å². The molecule has 0 atom stereocenters. The maximum Gasteiger partial charge on any atom is 0.294 e. The molecule has 2 amide bonds. The Hall–Kier alpha value is -2.35. The molecule has 0 radical (unpaired) electrons. The molecule has 0 N–H and O–H groups in total. The monoisotopic (exact) mass is 345 g/mol. The van der Waals surface area contributed by atoms with Crippen LogP contribution in [-0.2, 0) is 4.79 Å². The van der Waals surface area contributed by atoms with Crippen molar-refractivity contribution in [1.29, 1.82) is 0 Å². The van der Waals surface area contributed by atoms with Crippen molar-refractivity contribution in [2.75, 3.05) is 25.1 Å². The Morgan fingerprint density at radius 2 is 1.83 bits per heavy atom. The summed E-state index contributed by atoms with van der Waals surface area (Å²) >= 11 is 1.45. The predicted octanol–water partition coefficient (Wildman–Crippen LogP) is 1.53. The van der Waals surface area contributed by atoms with Crippen LogP contribution >= 0.6 is 11.8 Å². The summed E-state index contributed by atoms with van der Waals surface area (Å²) in [6.07, 6.45) is 2.65.